The zero-order valence-electron chi connectivity index (χ0n) is 10.1. The number of thiazole rings is 1. The highest BCUT2D eigenvalue weighted by Crippen LogP contribution is 2.20. The van der Waals surface area contributed by atoms with Crippen molar-refractivity contribution in [2.45, 2.75) is 6.42 Å². The van der Waals surface area contributed by atoms with Gasteiger partial charge in [-0.1, -0.05) is 47.7 Å². The topological polar surface area (TPSA) is 22.0 Å². The van der Waals surface area contributed by atoms with E-state index < -0.39 is 0 Å². The highest BCUT2D eigenvalue weighted by molar-refractivity contribution is 7.16. The molecule has 1 aromatic heterocycles. The van der Waals surface area contributed by atoms with Gasteiger partial charge < -0.3 is 4.57 Å². The van der Waals surface area contributed by atoms with Crippen molar-refractivity contribution >= 4 is 21.6 Å². The first-order chi connectivity index (χ1) is 8.74. The van der Waals surface area contributed by atoms with Crippen LogP contribution < -0.4 is 4.87 Å². The third kappa shape index (κ3) is 1.97. The molecular formula is C15H13NOS. The molecule has 0 saturated carbocycles. The van der Waals surface area contributed by atoms with Crippen LogP contribution in [0.3, 0.4) is 0 Å². The Bertz CT molecular complexity index is 740. The molecule has 0 atom stereocenters. The molecule has 2 aromatic carbocycles. The average molecular weight is 255 g/mol. The van der Waals surface area contributed by atoms with Gasteiger partial charge in [0.15, 0.2) is 0 Å². The van der Waals surface area contributed by atoms with E-state index >= 15 is 0 Å². The van der Waals surface area contributed by atoms with Crippen LogP contribution in [-0.2, 0) is 13.5 Å². The van der Waals surface area contributed by atoms with Crippen LogP contribution in [0.15, 0.2) is 53.3 Å². The standard InChI is InChI=1S/C15H13NOS/c1-16-13-8-7-12(10-14(13)18-15(16)17)9-11-5-3-2-4-6-11/h2-8,10H,9H2,1H3. The first-order valence-electron chi connectivity index (χ1n) is 5.86. The Balaban J connectivity index is 2.01. The van der Waals surface area contributed by atoms with Crippen molar-refractivity contribution < 1.29 is 0 Å². The Morgan fingerprint density at radius 1 is 1.06 bits per heavy atom. The van der Waals surface area contributed by atoms with E-state index in [9.17, 15) is 4.79 Å². The van der Waals surface area contributed by atoms with E-state index in [1.807, 2.05) is 19.2 Å². The lowest BCUT2D eigenvalue weighted by atomic mass is 10.1. The van der Waals surface area contributed by atoms with Gasteiger partial charge in [-0.2, -0.15) is 0 Å². The van der Waals surface area contributed by atoms with Crippen LogP contribution in [0.1, 0.15) is 11.1 Å². The van der Waals surface area contributed by atoms with Crippen LogP contribution in [0.2, 0.25) is 0 Å². The van der Waals surface area contributed by atoms with Crippen molar-refractivity contribution in [3.63, 3.8) is 0 Å². The summed E-state index contributed by atoms with van der Waals surface area (Å²) < 4.78 is 2.77. The number of nitrogens with zero attached hydrogens (tertiary/aromatic N) is 1. The van der Waals surface area contributed by atoms with Crippen LogP contribution in [0.25, 0.3) is 10.2 Å². The molecule has 3 rings (SSSR count). The molecule has 3 aromatic rings. The third-order valence-electron chi connectivity index (χ3n) is 3.11. The van der Waals surface area contributed by atoms with E-state index in [0.29, 0.717) is 0 Å². The summed E-state index contributed by atoms with van der Waals surface area (Å²) in [5, 5.41) is 0. The second-order valence-electron chi connectivity index (χ2n) is 4.39. The lowest BCUT2D eigenvalue weighted by Gasteiger charge is -2.02. The number of rotatable bonds is 2. The van der Waals surface area contributed by atoms with Crippen LogP contribution in [-0.4, -0.2) is 4.57 Å². The van der Waals surface area contributed by atoms with Crippen LogP contribution in [0.5, 0.6) is 0 Å². The van der Waals surface area contributed by atoms with Crippen LogP contribution in [0, 0.1) is 0 Å². The van der Waals surface area contributed by atoms with Crippen molar-refractivity contribution in [1.82, 2.24) is 4.57 Å². The summed E-state index contributed by atoms with van der Waals surface area (Å²) in [6.45, 7) is 0. The van der Waals surface area contributed by atoms with Crippen molar-refractivity contribution in [1.29, 1.82) is 0 Å². The predicted octanol–water partition coefficient (Wildman–Crippen LogP) is 3.19. The minimum absolute atomic E-state index is 0.0989. The largest absolute Gasteiger partial charge is 0.307 e. The number of benzene rings is 2. The first-order valence-corrected chi connectivity index (χ1v) is 6.68. The summed E-state index contributed by atoms with van der Waals surface area (Å²) in [5.41, 5.74) is 3.55. The molecule has 2 nitrogen and oxygen atoms in total. The number of aryl methyl sites for hydroxylation is 1. The van der Waals surface area contributed by atoms with Gasteiger partial charge in [0.1, 0.15) is 0 Å². The van der Waals surface area contributed by atoms with Gasteiger partial charge in [-0.25, -0.2) is 0 Å². The summed E-state index contributed by atoms with van der Waals surface area (Å²) in [6.07, 6.45) is 0.909. The molecule has 0 bridgehead atoms. The molecule has 0 aliphatic heterocycles. The van der Waals surface area contributed by atoms with E-state index in [0.717, 1.165) is 16.6 Å². The van der Waals surface area contributed by atoms with Gasteiger partial charge in [-0.3, -0.25) is 4.79 Å². The molecule has 0 saturated heterocycles. The summed E-state index contributed by atoms with van der Waals surface area (Å²) >= 11 is 1.31. The Morgan fingerprint density at radius 2 is 1.83 bits per heavy atom. The highest BCUT2D eigenvalue weighted by Gasteiger charge is 2.05. The molecule has 0 spiro atoms. The van der Waals surface area contributed by atoms with Gasteiger partial charge in [0.05, 0.1) is 10.2 Å². The predicted molar refractivity (Wildman–Crippen MR) is 76.3 cm³/mol. The molecule has 3 heteroatoms. The fourth-order valence-corrected chi connectivity index (χ4v) is 3.06. The van der Waals surface area contributed by atoms with Gasteiger partial charge in [0.25, 0.3) is 0 Å². The monoisotopic (exact) mass is 255 g/mol. The minimum Gasteiger partial charge on any atom is -0.302 e. The lowest BCUT2D eigenvalue weighted by Crippen LogP contribution is -2.06. The molecule has 0 unspecified atom stereocenters. The fraction of sp³-hybridized carbons (Fsp3) is 0.133. The Hall–Kier alpha value is -1.87. The molecule has 0 radical (unpaired) electrons. The molecule has 0 aliphatic rings. The molecule has 0 N–H and O–H groups in total. The molecule has 90 valence electrons. The Morgan fingerprint density at radius 3 is 2.61 bits per heavy atom. The maximum Gasteiger partial charge on any atom is 0.307 e. The van der Waals surface area contributed by atoms with E-state index in [1.54, 1.807) is 4.57 Å². The summed E-state index contributed by atoms with van der Waals surface area (Å²) in [7, 11) is 1.82. The molecule has 0 amide bonds. The molecule has 18 heavy (non-hydrogen) atoms. The van der Waals surface area contributed by atoms with Crippen molar-refractivity contribution in [2.75, 3.05) is 0 Å². The maximum atomic E-state index is 11.6. The summed E-state index contributed by atoms with van der Waals surface area (Å²) in [5.74, 6) is 0. The Kier molecular flexibility index (Phi) is 2.76. The van der Waals surface area contributed by atoms with E-state index in [2.05, 4.69) is 36.4 Å². The molecule has 1 heterocycles. The van der Waals surface area contributed by atoms with E-state index in [4.69, 9.17) is 0 Å². The van der Waals surface area contributed by atoms with Crippen molar-refractivity contribution in [3.05, 3.63) is 69.3 Å². The van der Waals surface area contributed by atoms with Crippen molar-refractivity contribution in [2.24, 2.45) is 7.05 Å². The number of aromatic nitrogens is 1. The quantitative estimate of drug-likeness (QED) is 0.689. The number of fused-ring (bicyclic) bond motifs is 1. The fourth-order valence-electron chi connectivity index (χ4n) is 2.12. The van der Waals surface area contributed by atoms with Gasteiger partial charge in [-0.05, 0) is 29.7 Å². The minimum atomic E-state index is 0.0989. The summed E-state index contributed by atoms with van der Waals surface area (Å²) in [6, 6.07) is 16.6. The average Bonchev–Trinajstić information content (AvgIpc) is 2.66. The zero-order chi connectivity index (χ0) is 12.5. The Labute approximate surface area is 109 Å². The molecule has 0 aliphatic carbocycles. The lowest BCUT2D eigenvalue weighted by molar-refractivity contribution is 0.938. The highest BCUT2D eigenvalue weighted by atomic mass is 32.1. The second-order valence-corrected chi connectivity index (χ2v) is 5.38. The van der Waals surface area contributed by atoms with Gasteiger partial charge in [0, 0.05) is 7.05 Å². The number of hydrogen-bond donors (Lipinski definition) is 0. The molecular weight excluding hydrogens is 242 g/mol. The van der Waals surface area contributed by atoms with Gasteiger partial charge >= 0.3 is 4.87 Å². The van der Waals surface area contributed by atoms with E-state index in [1.165, 1.54) is 22.5 Å². The van der Waals surface area contributed by atoms with Gasteiger partial charge in [-0.15, -0.1) is 0 Å². The SMILES string of the molecule is Cn1c(=O)sc2cc(Cc3ccccc3)ccc21. The van der Waals surface area contributed by atoms with E-state index in [-0.39, 0.29) is 4.87 Å². The van der Waals surface area contributed by atoms with Crippen LogP contribution >= 0.6 is 11.3 Å². The smallest absolute Gasteiger partial charge is 0.302 e. The summed E-state index contributed by atoms with van der Waals surface area (Å²) in [4.78, 5) is 11.7. The molecule has 0 fully saturated rings. The van der Waals surface area contributed by atoms with Gasteiger partial charge in [0.2, 0.25) is 0 Å². The first kappa shape index (κ1) is 11.2. The zero-order valence-corrected chi connectivity index (χ0v) is 10.9. The third-order valence-corrected chi connectivity index (χ3v) is 4.10. The number of hydrogen-bond acceptors (Lipinski definition) is 2. The van der Waals surface area contributed by atoms with Crippen molar-refractivity contribution in [3.8, 4) is 0 Å². The van der Waals surface area contributed by atoms with Crippen LogP contribution in [0.4, 0.5) is 0 Å². The maximum absolute atomic E-state index is 11.6. The second kappa shape index (κ2) is 4.42. The normalized spacial score (nSPS) is 10.9.